The minimum absolute atomic E-state index is 0. The van der Waals surface area contributed by atoms with Gasteiger partial charge in [-0.2, -0.15) is 4.72 Å². The Morgan fingerprint density at radius 3 is 1.79 bits per heavy atom. The summed E-state index contributed by atoms with van der Waals surface area (Å²) < 4.78 is 30.7. The van der Waals surface area contributed by atoms with Gasteiger partial charge in [-0.1, -0.05) is 23.8 Å². The number of nitrogens with zero attached hydrogens (tertiary/aromatic N) is 6. The number of aryl methyl sites for hydroxylation is 4. The van der Waals surface area contributed by atoms with Crippen molar-refractivity contribution in [3.8, 4) is 0 Å². The van der Waals surface area contributed by atoms with E-state index in [1.165, 1.54) is 6.20 Å². The van der Waals surface area contributed by atoms with Crippen LogP contribution in [0, 0.1) is 20.8 Å². The van der Waals surface area contributed by atoms with Gasteiger partial charge in [-0.15, -0.1) is 0 Å². The Bertz CT molecular complexity index is 2650. The quantitative estimate of drug-likeness (QED) is 0.0444. The molecule has 1 aliphatic rings. The maximum atomic E-state index is 13.9. The molecule has 2 aromatic heterocycles. The zero-order chi connectivity index (χ0) is 51.1. The van der Waals surface area contributed by atoms with Gasteiger partial charge in [0.2, 0.25) is 21.4 Å². The number of aromatic nitrogens is 3. The van der Waals surface area contributed by atoms with Crippen LogP contribution >= 0.6 is 0 Å². The summed E-state index contributed by atoms with van der Waals surface area (Å²) in [5.41, 5.74) is 1.84. The third-order valence-corrected chi connectivity index (χ3v) is 13.3. The number of hydrogen-bond donors (Lipinski definition) is 9. The number of rotatable bonds is 22. The van der Waals surface area contributed by atoms with E-state index in [0.717, 1.165) is 11.1 Å². The molecule has 1 atom stereocenters. The second kappa shape index (κ2) is 27.2. The van der Waals surface area contributed by atoms with E-state index in [1.54, 1.807) is 87.7 Å². The Balaban J connectivity index is 0.0000110. The molecule has 26 heteroatoms. The first kappa shape index (κ1) is 57.9. The van der Waals surface area contributed by atoms with Crippen LogP contribution in [0.5, 0.6) is 0 Å². The molecule has 0 saturated carbocycles. The van der Waals surface area contributed by atoms with Gasteiger partial charge in [0, 0.05) is 135 Å². The number of carboxylic acids is 4. The maximum absolute atomic E-state index is 13.9. The predicted octanol–water partition coefficient (Wildman–Crippen LogP) is -0.597. The zero-order valence-electron chi connectivity index (χ0n) is 39.8. The first-order valence-corrected chi connectivity index (χ1v) is 24.0. The van der Waals surface area contributed by atoms with Crippen molar-refractivity contribution in [2.45, 2.75) is 51.2 Å². The Morgan fingerprint density at radius 2 is 1.30 bits per heavy atom. The van der Waals surface area contributed by atoms with Gasteiger partial charge < -0.3 is 45.9 Å². The van der Waals surface area contributed by atoms with Crippen LogP contribution in [0.15, 0.2) is 58.6 Å². The summed E-state index contributed by atoms with van der Waals surface area (Å²) in [5, 5.41) is 47.1. The van der Waals surface area contributed by atoms with Crippen LogP contribution in [0.1, 0.15) is 39.0 Å². The number of hydrogen-bond acceptors (Lipinski definition) is 15. The summed E-state index contributed by atoms with van der Waals surface area (Å²) in [5.74, 6) is -5.58. The normalized spacial score (nSPS) is 15.1. The van der Waals surface area contributed by atoms with E-state index in [2.05, 4.69) is 30.6 Å². The molecule has 0 aliphatic carbocycles. The summed E-state index contributed by atoms with van der Waals surface area (Å²) >= 11 is 0. The SMILES string of the molecule is Cc1cc(C)c(S(=O)(=O)NC(CNC(=O)c2cn(CCCNC(=O)CN3CCN(CC(=O)O)CCN(CC(=O)O)CCN(CC(=O)O)CC3)c3cc(CNc4ncc[nH]4)ccc3c2=O)C(=O)O)c(C)c1.[90Y]. The number of benzene rings is 2. The molecule has 0 bridgehead atoms. The summed E-state index contributed by atoms with van der Waals surface area (Å²) in [7, 11) is -4.37. The number of anilines is 1. The Hall–Kier alpha value is -5.67. The number of imidazole rings is 1. The standard InChI is InChI=1S/C45H61N11O13S.Y/c1-29-19-30(2)42(31(3)20-29)70(68,69)51-35(44(66)67)23-49-43(65)34-24-56(36-21-32(5-6-33(36)41(34)64)22-50-45-47-8-9-48-45)10-4-7-46-37(57)25-52-11-13-53(26-38(58)59)15-17-55(28-40(62)63)18-16-54(14-12-52)27-39(60)61;/h5-6,8-9,19-21,24,35,51H,4,7,10-18,22-23,25-28H2,1-3H3,(H,46,57)(H,49,65)(H,58,59)(H,60,61)(H,62,63)(H,66,67)(H2,47,48,50);/i;1+1. The second-order valence-corrected chi connectivity index (χ2v) is 18.8. The molecular weight excluding hydrogens is 1020 g/mol. The van der Waals surface area contributed by atoms with Gasteiger partial charge in [-0.25, -0.2) is 13.4 Å². The molecule has 71 heavy (non-hydrogen) atoms. The number of carbonyl (C=O) groups excluding carboxylic acids is 2. The van der Waals surface area contributed by atoms with Crippen molar-refractivity contribution in [3.63, 3.8) is 0 Å². The van der Waals surface area contributed by atoms with Crippen LogP contribution in [0.25, 0.3) is 10.9 Å². The van der Waals surface area contributed by atoms with Gasteiger partial charge >= 0.3 is 23.9 Å². The number of nitrogens with one attached hydrogen (secondary N) is 5. The summed E-state index contributed by atoms with van der Waals surface area (Å²) in [6, 6.07) is 6.53. The molecular formula is C45H61N11O13SY. The third-order valence-electron chi connectivity index (χ3n) is 11.6. The summed E-state index contributed by atoms with van der Waals surface area (Å²) in [6.07, 6.45) is 4.85. The summed E-state index contributed by atoms with van der Waals surface area (Å²) in [6.45, 7) is 5.73. The van der Waals surface area contributed by atoms with Gasteiger partial charge in [0.15, 0.2) is 5.95 Å². The average molecular weight is 1090 g/mol. The molecule has 1 unspecified atom stereocenters. The van der Waals surface area contributed by atoms with E-state index < -0.39 is 57.8 Å². The van der Waals surface area contributed by atoms with Crippen LogP contribution in [0.4, 0.5) is 5.95 Å². The number of aliphatic carboxylic acids is 4. The number of carbonyl (C=O) groups is 6. The minimum Gasteiger partial charge on any atom is -0.480 e. The van der Waals surface area contributed by atoms with Crippen LogP contribution in [-0.4, -0.2) is 196 Å². The third kappa shape index (κ3) is 17.9. The smallest absolute Gasteiger partial charge is 0.323 e. The fourth-order valence-corrected chi connectivity index (χ4v) is 9.91. The Labute approximate surface area is 435 Å². The molecule has 9 N–H and O–H groups in total. The van der Waals surface area contributed by atoms with E-state index in [4.69, 9.17) is 0 Å². The van der Waals surface area contributed by atoms with Crippen LogP contribution in [-0.2, 0) is 79.8 Å². The topological polar surface area (TPSA) is 329 Å². The zero-order valence-corrected chi connectivity index (χ0v) is 43.5. The second-order valence-electron chi connectivity index (χ2n) is 17.1. The van der Waals surface area contributed by atoms with Gasteiger partial charge in [-0.05, 0) is 56.0 Å². The molecule has 1 fully saturated rings. The van der Waals surface area contributed by atoms with Gasteiger partial charge in [0.05, 0.1) is 36.6 Å². The predicted molar refractivity (Wildman–Crippen MR) is 255 cm³/mol. The van der Waals surface area contributed by atoms with Crippen molar-refractivity contribution in [2.75, 3.05) is 96.9 Å². The van der Waals surface area contributed by atoms with Gasteiger partial charge in [0.25, 0.3) is 5.91 Å². The van der Waals surface area contributed by atoms with Crippen molar-refractivity contribution in [2.24, 2.45) is 0 Å². The monoisotopic (exact) mass is 1090 g/mol. The maximum Gasteiger partial charge on any atom is 0.323 e. The molecule has 3 heterocycles. The molecule has 2 amide bonds. The number of pyridine rings is 1. The van der Waals surface area contributed by atoms with Crippen molar-refractivity contribution in [1.29, 1.82) is 0 Å². The van der Waals surface area contributed by atoms with Gasteiger partial charge in [-0.3, -0.25) is 53.2 Å². The Morgan fingerprint density at radius 1 is 0.761 bits per heavy atom. The molecule has 1 aliphatic heterocycles. The minimum atomic E-state index is -4.37. The molecule has 1 saturated heterocycles. The molecule has 383 valence electrons. The fraction of sp³-hybridized carbons (Fsp3) is 0.467. The first-order valence-electron chi connectivity index (χ1n) is 22.5. The van der Waals surface area contributed by atoms with Crippen molar-refractivity contribution < 1.29 is 90.3 Å². The van der Waals surface area contributed by atoms with Crippen molar-refractivity contribution >= 4 is 62.6 Å². The number of fused-ring (bicyclic) bond motifs is 1. The molecule has 5 rings (SSSR count). The van der Waals surface area contributed by atoms with E-state index in [9.17, 15) is 62.4 Å². The number of sulfonamides is 1. The number of carboxylic acid groups (broad SMARTS) is 4. The fourth-order valence-electron chi connectivity index (χ4n) is 8.27. The molecule has 2 aromatic carbocycles. The van der Waals surface area contributed by atoms with Crippen LogP contribution in [0.3, 0.4) is 0 Å². The van der Waals surface area contributed by atoms with E-state index >= 15 is 0 Å². The largest absolute Gasteiger partial charge is 0.480 e. The molecule has 24 nitrogen and oxygen atoms in total. The van der Waals surface area contributed by atoms with E-state index in [0.29, 0.717) is 35.6 Å². The average Bonchev–Trinajstić information content (AvgIpc) is 3.80. The first-order chi connectivity index (χ1) is 33.2. The van der Waals surface area contributed by atoms with Crippen molar-refractivity contribution in [1.82, 2.24) is 49.5 Å². The van der Waals surface area contributed by atoms with Crippen LogP contribution in [0.2, 0.25) is 0 Å². The molecule has 4 aromatic rings. The Kier molecular flexibility index (Phi) is 22.2. The number of amides is 2. The van der Waals surface area contributed by atoms with Crippen molar-refractivity contribution in [3.05, 3.63) is 87.0 Å². The van der Waals surface area contributed by atoms with Gasteiger partial charge in [0.1, 0.15) is 11.6 Å². The van der Waals surface area contributed by atoms with Crippen LogP contribution < -0.4 is 26.1 Å². The summed E-state index contributed by atoms with van der Waals surface area (Å²) in [4.78, 5) is 102. The number of aromatic amines is 1. The molecule has 0 spiro atoms. The van der Waals surface area contributed by atoms with E-state index in [1.807, 2.05) is 0 Å². The molecule has 1 radical (unpaired) electrons. The number of H-pyrrole nitrogens is 1. The van der Waals surface area contributed by atoms with E-state index in [-0.39, 0.29) is 146 Å².